The molecule has 1 fully saturated rings. The van der Waals surface area contributed by atoms with Gasteiger partial charge in [-0.2, -0.15) is 0 Å². The highest BCUT2D eigenvalue weighted by atomic mass is 35.5. The molecule has 3 rings (SSSR count). The summed E-state index contributed by atoms with van der Waals surface area (Å²) in [6.07, 6.45) is 0.393. The number of ether oxygens (including phenoxy) is 1. The molecule has 160 valence electrons. The highest BCUT2D eigenvalue weighted by molar-refractivity contribution is 7.98. The molecule has 1 heterocycles. The minimum Gasteiger partial charge on any atom is -0.443 e. The van der Waals surface area contributed by atoms with Gasteiger partial charge in [0.25, 0.3) is 5.91 Å². The Labute approximate surface area is 190 Å². The number of carbonyl (C=O) groups is 2. The molecule has 9 heteroatoms. The predicted molar refractivity (Wildman–Crippen MR) is 123 cm³/mol. The molecule has 6 nitrogen and oxygen atoms in total. The average molecular weight is 468 g/mol. The summed E-state index contributed by atoms with van der Waals surface area (Å²) in [5.41, 5.74) is 1.13. The monoisotopic (exact) mass is 467 g/mol. The van der Waals surface area contributed by atoms with Crippen LogP contribution in [0.5, 0.6) is 0 Å². The maximum atomic E-state index is 12.8. The van der Waals surface area contributed by atoms with Crippen LogP contribution in [0.2, 0.25) is 10.0 Å². The van der Waals surface area contributed by atoms with Crippen molar-refractivity contribution in [1.29, 1.82) is 0 Å². The van der Waals surface area contributed by atoms with Crippen LogP contribution in [-0.4, -0.2) is 35.0 Å². The summed E-state index contributed by atoms with van der Waals surface area (Å²) in [5.74, 6) is -0.338. The number of rotatable bonds is 3. The van der Waals surface area contributed by atoms with E-state index in [1.165, 1.54) is 12.1 Å². The van der Waals surface area contributed by atoms with Gasteiger partial charge in [0, 0.05) is 29.5 Å². The van der Waals surface area contributed by atoms with E-state index in [2.05, 4.69) is 5.32 Å². The maximum absolute atomic E-state index is 12.8. The zero-order valence-electron chi connectivity index (χ0n) is 16.9. The molecule has 0 saturated carbocycles. The van der Waals surface area contributed by atoms with Crippen LogP contribution in [0.3, 0.4) is 0 Å². The minimum absolute atomic E-state index is 0.337. The van der Waals surface area contributed by atoms with Gasteiger partial charge in [-0.3, -0.25) is 9.10 Å². The highest BCUT2D eigenvalue weighted by Gasteiger charge is 2.28. The molecular formula is C21H23Cl2N3O3S. The first kappa shape index (κ1) is 22.6. The number of halogens is 2. The number of amides is 2. The molecule has 0 bridgehead atoms. The molecule has 30 heavy (non-hydrogen) atoms. The van der Waals surface area contributed by atoms with Crippen LogP contribution >= 0.6 is 35.3 Å². The molecule has 0 aliphatic carbocycles. The Bertz CT molecular complexity index is 949. The van der Waals surface area contributed by atoms with Crippen molar-refractivity contribution >= 4 is 58.7 Å². The van der Waals surface area contributed by atoms with Crippen molar-refractivity contribution in [3.8, 4) is 0 Å². The molecule has 0 radical (unpaired) electrons. The maximum Gasteiger partial charge on any atom is 0.421 e. The summed E-state index contributed by atoms with van der Waals surface area (Å²) in [6.45, 7) is 6.82. The SMILES string of the molecule is CC(C)(C)OC(=O)N1CCCN(c2ccc(Cl)c(C(=O)Nc3cccc(Cl)c3)c2)S1. The van der Waals surface area contributed by atoms with Crippen LogP contribution in [-0.2, 0) is 4.74 Å². The van der Waals surface area contributed by atoms with Gasteiger partial charge in [0.05, 0.1) is 22.7 Å². The Hall–Kier alpha value is -2.09. The lowest BCUT2D eigenvalue weighted by Crippen LogP contribution is -2.40. The Balaban J connectivity index is 1.75. The van der Waals surface area contributed by atoms with Gasteiger partial charge in [-0.15, -0.1) is 0 Å². The molecule has 1 aliphatic rings. The molecule has 2 aromatic carbocycles. The summed E-state index contributed by atoms with van der Waals surface area (Å²) in [5, 5.41) is 3.67. The Kier molecular flexibility index (Phi) is 7.06. The van der Waals surface area contributed by atoms with Gasteiger partial charge in [-0.1, -0.05) is 29.3 Å². The second-order valence-electron chi connectivity index (χ2n) is 7.75. The molecule has 1 saturated heterocycles. The molecule has 1 N–H and O–H groups in total. The molecular weight excluding hydrogens is 445 g/mol. The van der Waals surface area contributed by atoms with Gasteiger partial charge in [-0.25, -0.2) is 9.10 Å². The summed E-state index contributed by atoms with van der Waals surface area (Å²) in [4.78, 5) is 25.2. The van der Waals surface area contributed by atoms with Crippen LogP contribution in [0.1, 0.15) is 37.6 Å². The second-order valence-corrected chi connectivity index (χ2v) is 9.64. The molecule has 0 spiro atoms. The number of benzene rings is 2. The first-order valence-electron chi connectivity index (χ1n) is 9.45. The lowest BCUT2D eigenvalue weighted by Gasteiger charge is -2.35. The number of nitrogens with zero attached hydrogens (tertiary/aromatic N) is 2. The summed E-state index contributed by atoms with van der Waals surface area (Å²) in [7, 11) is 0. The topological polar surface area (TPSA) is 61.9 Å². The van der Waals surface area contributed by atoms with Gasteiger partial charge in [0.1, 0.15) is 5.60 Å². The van der Waals surface area contributed by atoms with Crippen molar-refractivity contribution in [1.82, 2.24) is 4.31 Å². The molecule has 0 unspecified atom stereocenters. The fraction of sp³-hybridized carbons (Fsp3) is 0.333. The quantitative estimate of drug-likeness (QED) is 0.539. The molecule has 0 atom stereocenters. The van der Waals surface area contributed by atoms with E-state index in [-0.39, 0.29) is 12.0 Å². The fourth-order valence-corrected chi connectivity index (χ4v) is 4.14. The third-order valence-corrected chi connectivity index (χ3v) is 5.77. The predicted octanol–water partition coefficient (Wildman–Crippen LogP) is 6.26. The van der Waals surface area contributed by atoms with E-state index in [0.717, 1.165) is 18.7 Å². The van der Waals surface area contributed by atoms with Gasteiger partial charge in [0.15, 0.2) is 0 Å². The summed E-state index contributed by atoms with van der Waals surface area (Å²) < 4.78 is 8.98. The van der Waals surface area contributed by atoms with E-state index in [0.29, 0.717) is 27.8 Å². The molecule has 0 aromatic heterocycles. The normalized spacial score (nSPS) is 14.4. The van der Waals surface area contributed by atoms with E-state index in [1.807, 2.05) is 31.1 Å². The van der Waals surface area contributed by atoms with E-state index in [1.54, 1.807) is 40.7 Å². The van der Waals surface area contributed by atoms with Gasteiger partial charge in [0.2, 0.25) is 0 Å². The third-order valence-electron chi connectivity index (χ3n) is 4.08. The first-order valence-corrected chi connectivity index (χ1v) is 10.9. The molecule has 2 aromatic rings. The highest BCUT2D eigenvalue weighted by Crippen LogP contribution is 2.33. The Morgan fingerprint density at radius 1 is 1.10 bits per heavy atom. The summed E-state index contributed by atoms with van der Waals surface area (Å²) >= 11 is 13.5. The lowest BCUT2D eigenvalue weighted by molar-refractivity contribution is 0.0400. The Morgan fingerprint density at radius 2 is 1.87 bits per heavy atom. The van der Waals surface area contributed by atoms with Crippen LogP contribution in [0.15, 0.2) is 42.5 Å². The van der Waals surface area contributed by atoms with Crippen molar-refractivity contribution in [3.05, 3.63) is 58.1 Å². The molecule has 2 amide bonds. The van der Waals surface area contributed by atoms with Crippen molar-refractivity contribution in [2.24, 2.45) is 0 Å². The smallest absolute Gasteiger partial charge is 0.421 e. The number of anilines is 2. The number of carbonyl (C=O) groups excluding carboxylic acids is 2. The van der Waals surface area contributed by atoms with Crippen LogP contribution in [0.4, 0.5) is 16.2 Å². The molecule has 1 aliphatic heterocycles. The number of hydrogen-bond acceptors (Lipinski definition) is 5. The van der Waals surface area contributed by atoms with E-state index >= 15 is 0 Å². The zero-order valence-corrected chi connectivity index (χ0v) is 19.3. The van der Waals surface area contributed by atoms with Crippen molar-refractivity contribution in [2.45, 2.75) is 32.8 Å². The number of nitrogens with one attached hydrogen (secondary N) is 1. The third kappa shape index (κ3) is 5.97. The zero-order chi connectivity index (χ0) is 21.9. The van der Waals surface area contributed by atoms with Crippen LogP contribution < -0.4 is 9.62 Å². The number of hydrogen-bond donors (Lipinski definition) is 1. The van der Waals surface area contributed by atoms with Gasteiger partial charge < -0.3 is 10.1 Å². The van der Waals surface area contributed by atoms with Crippen molar-refractivity contribution in [2.75, 3.05) is 22.7 Å². The van der Waals surface area contributed by atoms with E-state index < -0.39 is 5.60 Å². The van der Waals surface area contributed by atoms with Crippen LogP contribution in [0, 0.1) is 0 Å². The van der Waals surface area contributed by atoms with Gasteiger partial charge >= 0.3 is 6.09 Å². The second kappa shape index (κ2) is 9.37. The van der Waals surface area contributed by atoms with E-state index in [4.69, 9.17) is 27.9 Å². The van der Waals surface area contributed by atoms with Crippen molar-refractivity contribution < 1.29 is 14.3 Å². The van der Waals surface area contributed by atoms with E-state index in [9.17, 15) is 9.59 Å². The lowest BCUT2D eigenvalue weighted by atomic mass is 10.1. The fourth-order valence-electron chi connectivity index (χ4n) is 2.78. The minimum atomic E-state index is -0.564. The standard InChI is InChI=1S/C21H23Cl2N3O3S/c1-21(2,3)29-20(28)26-11-5-10-25(30-26)16-8-9-18(23)17(13-16)19(27)24-15-7-4-6-14(22)12-15/h4,6-9,12-13H,5,10-11H2,1-3H3,(H,24,27). The largest absolute Gasteiger partial charge is 0.443 e. The Morgan fingerprint density at radius 3 is 2.57 bits per heavy atom. The summed E-state index contributed by atoms with van der Waals surface area (Å²) in [6, 6.07) is 12.1. The average Bonchev–Trinajstić information content (AvgIpc) is 2.67. The van der Waals surface area contributed by atoms with Crippen LogP contribution in [0.25, 0.3) is 0 Å². The van der Waals surface area contributed by atoms with Crippen molar-refractivity contribution in [3.63, 3.8) is 0 Å². The first-order chi connectivity index (χ1) is 14.1. The van der Waals surface area contributed by atoms with Gasteiger partial charge in [-0.05, 0) is 63.6 Å².